The molecule has 18 heavy (non-hydrogen) atoms. The number of esters is 1. The Hall–Kier alpha value is -1.18. The van der Waals surface area contributed by atoms with Crippen LogP contribution in [0.25, 0.3) is 6.08 Å². The van der Waals surface area contributed by atoms with Crippen LogP contribution < -0.4 is 5.32 Å². The molecule has 98 valence electrons. The van der Waals surface area contributed by atoms with Crippen LogP contribution in [0, 0.1) is 0 Å². The lowest BCUT2D eigenvalue weighted by Gasteiger charge is -2.11. The number of ether oxygens (including phenoxy) is 1. The van der Waals surface area contributed by atoms with E-state index in [1.54, 1.807) is 6.08 Å². The Morgan fingerprint density at radius 3 is 2.83 bits per heavy atom. The van der Waals surface area contributed by atoms with Gasteiger partial charge < -0.3 is 15.2 Å². The second-order valence-electron chi connectivity index (χ2n) is 3.24. The highest BCUT2D eigenvalue weighted by Crippen LogP contribution is 2.22. The maximum atomic E-state index is 11.5. The van der Waals surface area contributed by atoms with Crippen molar-refractivity contribution in [3.05, 3.63) is 26.9 Å². The van der Waals surface area contributed by atoms with Crippen molar-refractivity contribution in [2.24, 2.45) is 0 Å². The molecular weight excluding hydrogens is 322 g/mol. The molecule has 1 atom stereocenters. The van der Waals surface area contributed by atoms with Gasteiger partial charge in [-0.25, -0.2) is 4.79 Å². The van der Waals surface area contributed by atoms with Gasteiger partial charge in [-0.1, -0.05) is 0 Å². The topological polar surface area (TPSA) is 75.6 Å². The van der Waals surface area contributed by atoms with Gasteiger partial charge in [0, 0.05) is 11.0 Å². The summed E-state index contributed by atoms with van der Waals surface area (Å²) in [5, 5.41) is 11.3. The zero-order chi connectivity index (χ0) is 13.5. The molecule has 0 aromatic carbocycles. The van der Waals surface area contributed by atoms with Gasteiger partial charge >= 0.3 is 5.97 Å². The number of thiophene rings is 1. The molecule has 0 saturated carbocycles. The molecule has 2 N–H and O–H groups in total. The summed E-state index contributed by atoms with van der Waals surface area (Å²) in [7, 11) is 1.19. The minimum absolute atomic E-state index is 0.469. The van der Waals surface area contributed by atoms with Crippen LogP contribution in [0.2, 0.25) is 0 Å². The lowest BCUT2D eigenvalue weighted by Crippen LogP contribution is -2.43. The van der Waals surface area contributed by atoms with Crippen LogP contribution in [0.1, 0.15) is 4.88 Å². The monoisotopic (exact) mass is 333 g/mol. The van der Waals surface area contributed by atoms with E-state index in [9.17, 15) is 9.59 Å². The van der Waals surface area contributed by atoms with Gasteiger partial charge in [0.15, 0.2) is 6.04 Å². The number of hydrogen-bond acceptors (Lipinski definition) is 5. The van der Waals surface area contributed by atoms with Crippen LogP contribution in [0.5, 0.6) is 0 Å². The molecule has 0 spiro atoms. The maximum absolute atomic E-state index is 11.5. The number of nitrogens with one attached hydrogen (secondary N) is 1. The van der Waals surface area contributed by atoms with E-state index in [2.05, 4.69) is 26.0 Å². The first kappa shape index (κ1) is 14.9. The Balaban J connectivity index is 2.55. The van der Waals surface area contributed by atoms with Crippen molar-refractivity contribution in [1.29, 1.82) is 0 Å². The average Bonchev–Trinajstić information content (AvgIpc) is 2.78. The first-order chi connectivity index (χ1) is 8.56. The third-order valence-corrected chi connectivity index (χ3v) is 3.57. The van der Waals surface area contributed by atoms with Crippen molar-refractivity contribution in [3.8, 4) is 0 Å². The normalized spacial score (nSPS) is 12.4. The molecule has 5 nitrogen and oxygen atoms in total. The summed E-state index contributed by atoms with van der Waals surface area (Å²) in [5.41, 5.74) is 0. The summed E-state index contributed by atoms with van der Waals surface area (Å²) < 4.78 is 5.39. The molecule has 0 aliphatic heterocycles. The van der Waals surface area contributed by atoms with Crippen LogP contribution in [-0.2, 0) is 14.3 Å². The molecule has 1 rings (SSSR count). The highest BCUT2D eigenvalue weighted by molar-refractivity contribution is 9.11. The maximum Gasteiger partial charge on any atom is 0.330 e. The second-order valence-corrected chi connectivity index (χ2v) is 5.74. The van der Waals surface area contributed by atoms with E-state index in [0.717, 1.165) is 8.66 Å². The van der Waals surface area contributed by atoms with Gasteiger partial charge in [-0.3, -0.25) is 4.79 Å². The molecular formula is C11H12BrNO4S. The van der Waals surface area contributed by atoms with Gasteiger partial charge in [-0.2, -0.15) is 0 Å². The minimum atomic E-state index is -1.04. The molecule has 0 aliphatic carbocycles. The number of aliphatic hydroxyl groups is 1. The fourth-order valence-electron chi connectivity index (χ4n) is 1.12. The van der Waals surface area contributed by atoms with Gasteiger partial charge in [0.05, 0.1) is 17.5 Å². The van der Waals surface area contributed by atoms with E-state index < -0.39 is 24.5 Å². The van der Waals surface area contributed by atoms with E-state index in [1.807, 2.05) is 12.1 Å². The Labute approximate surface area is 117 Å². The summed E-state index contributed by atoms with van der Waals surface area (Å²) in [6.07, 6.45) is 2.92. The van der Waals surface area contributed by atoms with Crippen molar-refractivity contribution in [1.82, 2.24) is 5.32 Å². The summed E-state index contributed by atoms with van der Waals surface area (Å²) in [6.45, 7) is -0.503. The fraction of sp³-hybridized carbons (Fsp3) is 0.273. The number of halogens is 1. The van der Waals surface area contributed by atoms with E-state index in [0.29, 0.717) is 0 Å². The lowest BCUT2D eigenvalue weighted by molar-refractivity contribution is -0.145. The molecule has 7 heteroatoms. The van der Waals surface area contributed by atoms with Crippen molar-refractivity contribution < 1.29 is 19.4 Å². The zero-order valence-electron chi connectivity index (χ0n) is 9.55. The van der Waals surface area contributed by atoms with Crippen LogP contribution in [0.3, 0.4) is 0 Å². The van der Waals surface area contributed by atoms with Crippen molar-refractivity contribution in [2.45, 2.75) is 6.04 Å². The third kappa shape index (κ3) is 4.59. The van der Waals surface area contributed by atoms with E-state index in [4.69, 9.17) is 5.11 Å². The largest absolute Gasteiger partial charge is 0.467 e. The fourth-order valence-corrected chi connectivity index (χ4v) is 2.44. The highest BCUT2D eigenvalue weighted by Gasteiger charge is 2.18. The first-order valence-corrected chi connectivity index (χ1v) is 6.60. The van der Waals surface area contributed by atoms with Crippen LogP contribution in [-0.4, -0.2) is 36.7 Å². The summed E-state index contributed by atoms with van der Waals surface area (Å²) in [6, 6.07) is 2.68. The average molecular weight is 334 g/mol. The molecule has 0 saturated heterocycles. The predicted octanol–water partition coefficient (Wildman–Crippen LogP) is 1.17. The van der Waals surface area contributed by atoms with Gasteiger partial charge in [0.1, 0.15) is 0 Å². The predicted molar refractivity (Wildman–Crippen MR) is 72.1 cm³/mol. The Morgan fingerprint density at radius 1 is 1.61 bits per heavy atom. The molecule has 1 heterocycles. The second kappa shape index (κ2) is 7.30. The number of hydrogen-bond donors (Lipinski definition) is 2. The SMILES string of the molecule is COC(=O)[C@H](CO)NC(=O)/C=C/c1ccc(Br)s1. The minimum Gasteiger partial charge on any atom is -0.467 e. The number of rotatable bonds is 5. The van der Waals surface area contributed by atoms with Crippen molar-refractivity contribution in [2.75, 3.05) is 13.7 Å². The van der Waals surface area contributed by atoms with E-state index in [1.165, 1.54) is 24.5 Å². The smallest absolute Gasteiger partial charge is 0.330 e. The van der Waals surface area contributed by atoms with Crippen LogP contribution in [0.4, 0.5) is 0 Å². The Morgan fingerprint density at radius 2 is 2.33 bits per heavy atom. The third-order valence-electron chi connectivity index (χ3n) is 1.98. The first-order valence-electron chi connectivity index (χ1n) is 4.99. The van der Waals surface area contributed by atoms with Gasteiger partial charge in [0.2, 0.25) is 5.91 Å². The Bertz CT molecular complexity index is 458. The number of methoxy groups -OCH3 is 1. The number of aliphatic hydroxyl groups excluding tert-OH is 1. The number of carbonyl (C=O) groups excluding carboxylic acids is 2. The summed E-state index contributed by atoms with van der Waals surface area (Å²) in [4.78, 5) is 23.5. The Kier molecular flexibility index (Phi) is 6.03. The van der Waals surface area contributed by atoms with E-state index >= 15 is 0 Å². The molecule has 1 amide bonds. The summed E-state index contributed by atoms with van der Waals surface area (Å²) in [5.74, 6) is -1.15. The molecule has 1 aromatic heterocycles. The molecule has 0 aliphatic rings. The quantitative estimate of drug-likeness (QED) is 0.626. The zero-order valence-corrected chi connectivity index (χ0v) is 12.0. The molecule has 1 aromatic rings. The standard InChI is InChI=1S/C11H12BrNO4S/c1-17-11(16)8(6-14)13-10(15)5-3-7-2-4-9(12)18-7/h2-5,8,14H,6H2,1H3,(H,13,15)/b5-3+/t8-/m0/s1. The molecule has 0 unspecified atom stereocenters. The molecule has 0 fully saturated rings. The summed E-state index contributed by atoms with van der Waals surface area (Å²) >= 11 is 4.78. The molecule has 0 radical (unpaired) electrons. The van der Waals surface area contributed by atoms with Gasteiger partial charge in [-0.05, 0) is 34.1 Å². The van der Waals surface area contributed by atoms with Gasteiger partial charge in [0.25, 0.3) is 0 Å². The highest BCUT2D eigenvalue weighted by atomic mass is 79.9. The van der Waals surface area contributed by atoms with Crippen molar-refractivity contribution in [3.63, 3.8) is 0 Å². The number of carbonyl (C=O) groups is 2. The van der Waals surface area contributed by atoms with Crippen LogP contribution in [0.15, 0.2) is 22.0 Å². The van der Waals surface area contributed by atoms with E-state index in [-0.39, 0.29) is 0 Å². The van der Waals surface area contributed by atoms with Gasteiger partial charge in [-0.15, -0.1) is 11.3 Å². The molecule has 0 bridgehead atoms. The van der Waals surface area contributed by atoms with Crippen LogP contribution >= 0.6 is 27.3 Å². The van der Waals surface area contributed by atoms with Crippen molar-refractivity contribution >= 4 is 45.2 Å². The number of amides is 1. The lowest BCUT2D eigenvalue weighted by atomic mass is 10.3.